The maximum absolute atomic E-state index is 2.31. The summed E-state index contributed by atoms with van der Waals surface area (Å²) in [6.07, 6.45) is 4.58. The summed E-state index contributed by atoms with van der Waals surface area (Å²) >= 11 is 2.28. The summed E-state index contributed by atoms with van der Waals surface area (Å²) in [4.78, 5) is 0. The molecule has 2 aliphatic rings. The second-order valence-electron chi connectivity index (χ2n) is 5.62. The van der Waals surface area contributed by atoms with Crippen LogP contribution >= 0.6 is 0 Å². The van der Waals surface area contributed by atoms with Crippen molar-refractivity contribution < 1.29 is 45.2 Å². The van der Waals surface area contributed by atoms with Gasteiger partial charge in [0.15, 0.2) is 0 Å². The van der Waals surface area contributed by atoms with Gasteiger partial charge in [-0.1, -0.05) is 0 Å². The van der Waals surface area contributed by atoms with Gasteiger partial charge in [-0.3, -0.25) is 0 Å². The number of hydrogen-bond acceptors (Lipinski definition) is 0. The number of halogens is 2. The molecule has 0 fully saturated rings. The molecule has 0 heterocycles. The van der Waals surface area contributed by atoms with Crippen molar-refractivity contribution in [2.45, 2.75) is 41.5 Å². The topological polar surface area (TPSA) is 0 Å². The molecule has 0 spiro atoms. The molecular weight excluding hydrogens is 323 g/mol. The fraction of sp³-hybridized carbons (Fsp3) is 0.412. The van der Waals surface area contributed by atoms with Crippen LogP contribution in [0.3, 0.4) is 0 Å². The van der Waals surface area contributed by atoms with Gasteiger partial charge in [0.05, 0.1) is 0 Å². The second-order valence-corrected chi connectivity index (χ2v) is 6.40. The third-order valence-corrected chi connectivity index (χ3v) is 4.88. The Balaban J connectivity index is 0.00000180. The van der Waals surface area contributed by atoms with E-state index >= 15 is 0 Å². The van der Waals surface area contributed by atoms with E-state index in [1.54, 1.807) is 0 Å². The first-order valence-electron chi connectivity index (χ1n) is 6.57. The predicted octanol–water partition coefficient (Wildman–Crippen LogP) is -0.996. The van der Waals surface area contributed by atoms with Crippen LogP contribution in [0.25, 0.3) is 0 Å². The van der Waals surface area contributed by atoms with E-state index in [4.69, 9.17) is 0 Å². The number of allylic oxidation sites excluding steroid dienone is 10. The Bertz CT molecular complexity index is 568. The van der Waals surface area contributed by atoms with E-state index in [1.807, 2.05) is 0 Å². The molecule has 3 heteroatoms. The van der Waals surface area contributed by atoms with Crippen molar-refractivity contribution in [2.24, 2.45) is 5.92 Å². The molecule has 0 bridgehead atoms. The molecule has 20 heavy (non-hydrogen) atoms. The molecule has 1 atom stereocenters. The Labute approximate surface area is 147 Å². The summed E-state index contributed by atoms with van der Waals surface area (Å²) in [5, 5.41) is 0. The summed E-state index contributed by atoms with van der Waals surface area (Å²) in [6, 6.07) is 0. The van der Waals surface area contributed by atoms with Crippen molar-refractivity contribution in [1.82, 2.24) is 0 Å². The first-order valence-corrected chi connectivity index (χ1v) is 7.35. The van der Waals surface area contributed by atoms with E-state index in [1.165, 1.54) is 42.9 Å². The maximum Gasteiger partial charge on any atom is -1.00 e. The molecule has 2 aliphatic carbocycles. The summed E-state index contributed by atoms with van der Waals surface area (Å²) in [5.74, 6) is 0.550. The van der Waals surface area contributed by atoms with Gasteiger partial charge in [-0.05, 0) is 0 Å². The minimum absolute atomic E-state index is 0. The molecule has 0 aromatic carbocycles. The molecule has 0 radical (unpaired) electrons. The molecule has 0 aromatic rings. The molecule has 0 saturated heterocycles. The van der Waals surface area contributed by atoms with Gasteiger partial charge in [0.2, 0.25) is 0 Å². The number of rotatable bonds is 1. The average molecular weight is 344 g/mol. The summed E-state index contributed by atoms with van der Waals surface area (Å²) in [5.41, 5.74) is 10.3. The van der Waals surface area contributed by atoms with Gasteiger partial charge in [-0.25, -0.2) is 0 Å². The van der Waals surface area contributed by atoms with Crippen LogP contribution in [0.5, 0.6) is 0 Å². The molecule has 0 amide bonds. The molecule has 0 N–H and O–H groups in total. The molecule has 2 rings (SSSR count). The minimum Gasteiger partial charge on any atom is -1.00 e. The summed E-state index contributed by atoms with van der Waals surface area (Å²) < 4.78 is 1.47. The van der Waals surface area contributed by atoms with Crippen molar-refractivity contribution in [1.29, 1.82) is 0 Å². The smallest absolute Gasteiger partial charge is 1.00 e. The van der Waals surface area contributed by atoms with E-state index in [0.717, 1.165) is 0 Å². The van der Waals surface area contributed by atoms with Crippen LogP contribution in [0.1, 0.15) is 41.5 Å². The van der Waals surface area contributed by atoms with Crippen molar-refractivity contribution in [3.8, 4) is 0 Å². The van der Waals surface area contributed by atoms with Gasteiger partial charge in [0.1, 0.15) is 0 Å². The first kappa shape index (κ1) is 20.0. The maximum atomic E-state index is 2.31. The zero-order valence-corrected chi connectivity index (χ0v) is 16.1. The van der Waals surface area contributed by atoms with Crippen LogP contribution < -0.4 is 24.8 Å². The Morgan fingerprint density at radius 3 is 1.95 bits per heavy atom. The molecule has 0 aliphatic heterocycles. The Morgan fingerprint density at radius 2 is 1.60 bits per heavy atom. The van der Waals surface area contributed by atoms with Crippen LogP contribution in [-0.2, 0) is 20.4 Å². The first-order chi connectivity index (χ1) is 8.36. The van der Waals surface area contributed by atoms with Crippen molar-refractivity contribution in [3.63, 3.8) is 0 Å². The largest absolute Gasteiger partial charge is 1.00 e. The van der Waals surface area contributed by atoms with Gasteiger partial charge >= 0.3 is 123 Å². The van der Waals surface area contributed by atoms with Gasteiger partial charge < -0.3 is 24.8 Å². The minimum atomic E-state index is 0. The summed E-state index contributed by atoms with van der Waals surface area (Å²) in [6.45, 7) is 13.5. The zero-order valence-electron chi connectivity index (χ0n) is 13.0. The van der Waals surface area contributed by atoms with Crippen molar-refractivity contribution in [2.75, 3.05) is 0 Å². The SMILES string of the molecule is CC(C)=C1C(C)=C(C)C(C2=C(C)C=CC2C)=[C]1[Ti+2].[Cl-].[Cl-]. The normalized spacial score (nSPS) is 21.6. The van der Waals surface area contributed by atoms with Crippen molar-refractivity contribution in [3.05, 3.63) is 55.0 Å². The van der Waals surface area contributed by atoms with Crippen LogP contribution in [0, 0.1) is 5.92 Å². The van der Waals surface area contributed by atoms with Crippen LogP contribution in [-0.4, -0.2) is 0 Å². The Morgan fingerprint density at radius 1 is 1.05 bits per heavy atom. The van der Waals surface area contributed by atoms with Crippen molar-refractivity contribution >= 4 is 0 Å². The van der Waals surface area contributed by atoms with Gasteiger partial charge in [-0.15, -0.1) is 0 Å². The third kappa shape index (κ3) is 3.09. The average Bonchev–Trinajstić information content (AvgIpc) is 2.69. The molecule has 1 unspecified atom stereocenters. The Kier molecular flexibility index (Phi) is 7.31. The predicted molar refractivity (Wildman–Crippen MR) is 74.8 cm³/mol. The molecule has 0 saturated carbocycles. The standard InChI is InChI=1S/C17H21.2ClH.Ti/c1-10(2)15-9-16(14(6)13(15)5)17-11(3)7-8-12(17)4;;;/h7-8,11H,1-6H3;2*1H;/q;;;+2/p-2. The molecule has 0 aromatic heterocycles. The van der Waals surface area contributed by atoms with Crippen LogP contribution in [0.4, 0.5) is 0 Å². The van der Waals surface area contributed by atoms with Gasteiger partial charge in [-0.2, -0.15) is 0 Å². The monoisotopic (exact) mass is 343 g/mol. The fourth-order valence-corrected chi connectivity index (χ4v) is 4.28. The van der Waals surface area contributed by atoms with Crippen LogP contribution in [0.2, 0.25) is 0 Å². The van der Waals surface area contributed by atoms with Gasteiger partial charge in [0, 0.05) is 0 Å². The van der Waals surface area contributed by atoms with E-state index < -0.39 is 0 Å². The second kappa shape index (κ2) is 7.32. The van der Waals surface area contributed by atoms with E-state index in [-0.39, 0.29) is 24.8 Å². The molecule has 107 valence electrons. The van der Waals surface area contributed by atoms with E-state index in [9.17, 15) is 0 Å². The van der Waals surface area contributed by atoms with E-state index in [2.05, 4.69) is 74.1 Å². The summed E-state index contributed by atoms with van der Waals surface area (Å²) in [7, 11) is 0. The quantitative estimate of drug-likeness (QED) is 0.536. The Hall–Kier alpha value is -0.00571. The van der Waals surface area contributed by atoms with E-state index in [0.29, 0.717) is 5.92 Å². The van der Waals surface area contributed by atoms with Gasteiger partial charge in [0.25, 0.3) is 0 Å². The number of hydrogen-bond donors (Lipinski definition) is 0. The third-order valence-electron chi connectivity index (χ3n) is 4.10. The van der Waals surface area contributed by atoms with Crippen LogP contribution in [0.15, 0.2) is 55.0 Å². The zero-order chi connectivity index (χ0) is 13.6. The fourth-order valence-electron chi connectivity index (χ4n) is 3.10. The molecular formula is C17H21Cl2Ti. The molecule has 0 nitrogen and oxygen atoms in total.